The fourth-order valence-electron chi connectivity index (χ4n) is 2.96. The predicted molar refractivity (Wildman–Crippen MR) is 80.9 cm³/mol. The highest BCUT2D eigenvalue weighted by molar-refractivity contribution is 5.85. The Labute approximate surface area is 119 Å². The predicted octanol–water partition coefficient (Wildman–Crippen LogP) is 3.10. The molecule has 1 aliphatic heterocycles. The molecule has 3 heteroatoms. The van der Waals surface area contributed by atoms with Crippen LogP contribution in [0.1, 0.15) is 25.8 Å². The highest BCUT2D eigenvalue weighted by Crippen LogP contribution is 2.24. The molecular weight excluding hydrogens is 248 g/mol. The van der Waals surface area contributed by atoms with Crippen LogP contribution in [-0.2, 0) is 11.3 Å². The third-order valence-corrected chi connectivity index (χ3v) is 4.05. The van der Waals surface area contributed by atoms with Crippen molar-refractivity contribution in [3.05, 3.63) is 48.0 Å². The summed E-state index contributed by atoms with van der Waals surface area (Å²) in [5.74, 6) is 0.591. The van der Waals surface area contributed by atoms with E-state index in [-0.39, 0.29) is 11.9 Å². The minimum atomic E-state index is 0.129. The molecule has 20 heavy (non-hydrogen) atoms. The SMILES string of the molecule is CC(C)[C@@H]1CC(=O)NN1Cc1cccc2ccccc12. The molecule has 2 aromatic rings. The number of amides is 1. The maximum Gasteiger partial charge on any atom is 0.235 e. The molecule has 0 spiro atoms. The molecule has 0 unspecified atom stereocenters. The third-order valence-electron chi connectivity index (χ3n) is 4.05. The number of hydrogen-bond acceptors (Lipinski definition) is 2. The molecule has 104 valence electrons. The van der Waals surface area contributed by atoms with Crippen LogP contribution in [0.2, 0.25) is 0 Å². The molecule has 1 amide bonds. The van der Waals surface area contributed by atoms with Gasteiger partial charge in [-0.25, -0.2) is 5.01 Å². The number of carbonyl (C=O) groups excluding carboxylic acids is 1. The summed E-state index contributed by atoms with van der Waals surface area (Å²) in [5, 5.41) is 4.60. The largest absolute Gasteiger partial charge is 0.288 e. The summed E-state index contributed by atoms with van der Waals surface area (Å²) in [7, 11) is 0. The van der Waals surface area contributed by atoms with Crippen LogP contribution in [0.4, 0.5) is 0 Å². The molecule has 3 nitrogen and oxygen atoms in total. The molecule has 0 aromatic heterocycles. The van der Waals surface area contributed by atoms with E-state index in [9.17, 15) is 4.79 Å². The van der Waals surface area contributed by atoms with Crippen LogP contribution in [0.3, 0.4) is 0 Å². The van der Waals surface area contributed by atoms with Gasteiger partial charge in [0.15, 0.2) is 0 Å². The number of nitrogens with zero attached hydrogens (tertiary/aromatic N) is 1. The standard InChI is InChI=1S/C17H20N2O/c1-12(2)16-10-17(20)18-19(16)11-14-8-5-7-13-6-3-4-9-15(13)14/h3-9,12,16H,10-11H2,1-2H3,(H,18,20)/t16-/m0/s1. The van der Waals surface area contributed by atoms with Gasteiger partial charge in [-0.1, -0.05) is 56.3 Å². The summed E-state index contributed by atoms with van der Waals surface area (Å²) in [6, 6.07) is 15.0. The molecule has 2 aromatic carbocycles. The van der Waals surface area contributed by atoms with Crippen LogP contribution >= 0.6 is 0 Å². The number of carbonyl (C=O) groups is 1. The molecular formula is C17H20N2O. The van der Waals surface area contributed by atoms with Gasteiger partial charge in [-0.3, -0.25) is 10.2 Å². The lowest BCUT2D eigenvalue weighted by Gasteiger charge is -2.26. The number of hydrazine groups is 1. The molecule has 1 N–H and O–H groups in total. The van der Waals surface area contributed by atoms with E-state index >= 15 is 0 Å². The Balaban J connectivity index is 1.91. The van der Waals surface area contributed by atoms with Crippen LogP contribution in [-0.4, -0.2) is 17.0 Å². The fourth-order valence-corrected chi connectivity index (χ4v) is 2.96. The van der Waals surface area contributed by atoms with Crippen molar-refractivity contribution in [3.8, 4) is 0 Å². The molecule has 1 heterocycles. The molecule has 0 bridgehead atoms. The Morgan fingerprint density at radius 3 is 2.75 bits per heavy atom. The fraction of sp³-hybridized carbons (Fsp3) is 0.353. The molecule has 3 rings (SSSR count). The normalized spacial score (nSPS) is 19.8. The first-order valence-electron chi connectivity index (χ1n) is 7.18. The van der Waals surface area contributed by atoms with E-state index in [0.29, 0.717) is 12.3 Å². The van der Waals surface area contributed by atoms with E-state index in [4.69, 9.17) is 0 Å². The molecule has 1 saturated heterocycles. The average Bonchev–Trinajstić information content (AvgIpc) is 2.80. The van der Waals surface area contributed by atoms with Gasteiger partial charge < -0.3 is 0 Å². The summed E-state index contributed by atoms with van der Waals surface area (Å²) >= 11 is 0. The number of fused-ring (bicyclic) bond motifs is 1. The Morgan fingerprint density at radius 2 is 1.95 bits per heavy atom. The van der Waals surface area contributed by atoms with Gasteiger partial charge in [0.05, 0.1) is 0 Å². The third kappa shape index (κ3) is 2.41. The number of nitrogens with one attached hydrogen (secondary N) is 1. The molecule has 0 radical (unpaired) electrons. The highest BCUT2D eigenvalue weighted by Gasteiger charge is 2.32. The van der Waals surface area contributed by atoms with Crippen molar-refractivity contribution in [2.45, 2.75) is 32.9 Å². The van der Waals surface area contributed by atoms with Crippen molar-refractivity contribution in [3.63, 3.8) is 0 Å². The Kier molecular flexibility index (Phi) is 3.45. The first-order chi connectivity index (χ1) is 9.65. The van der Waals surface area contributed by atoms with Crippen molar-refractivity contribution in [1.82, 2.24) is 10.4 Å². The van der Waals surface area contributed by atoms with Crippen LogP contribution in [0.25, 0.3) is 10.8 Å². The zero-order chi connectivity index (χ0) is 14.1. The summed E-state index contributed by atoms with van der Waals surface area (Å²) in [5.41, 5.74) is 4.25. The zero-order valence-corrected chi connectivity index (χ0v) is 12.0. The minimum Gasteiger partial charge on any atom is -0.288 e. The van der Waals surface area contributed by atoms with Gasteiger partial charge in [0.1, 0.15) is 0 Å². The Bertz CT molecular complexity index is 630. The summed E-state index contributed by atoms with van der Waals surface area (Å²) in [6.45, 7) is 5.10. The van der Waals surface area contributed by atoms with Crippen LogP contribution in [0, 0.1) is 5.92 Å². The highest BCUT2D eigenvalue weighted by atomic mass is 16.2. The van der Waals surface area contributed by atoms with Gasteiger partial charge in [-0.05, 0) is 22.3 Å². The molecule has 0 saturated carbocycles. The number of benzene rings is 2. The van der Waals surface area contributed by atoms with Crippen LogP contribution in [0.15, 0.2) is 42.5 Å². The summed E-state index contributed by atoms with van der Waals surface area (Å²) in [6.07, 6.45) is 0.600. The smallest absolute Gasteiger partial charge is 0.235 e. The minimum absolute atomic E-state index is 0.129. The monoisotopic (exact) mass is 268 g/mol. The second-order valence-corrected chi connectivity index (χ2v) is 5.82. The Hall–Kier alpha value is -1.87. The maximum absolute atomic E-state index is 11.7. The van der Waals surface area contributed by atoms with E-state index in [0.717, 1.165) is 6.54 Å². The van der Waals surface area contributed by atoms with E-state index in [2.05, 4.69) is 66.7 Å². The number of rotatable bonds is 3. The first-order valence-corrected chi connectivity index (χ1v) is 7.18. The second kappa shape index (κ2) is 5.25. The van der Waals surface area contributed by atoms with Crippen molar-refractivity contribution in [2.75, 3.05) is 0 Å². The summed E-state index contributed by atoms with van der Waals surface area (Å²) < 4.78 is 0. The quantitative estimate of drug-likeness (QED) is 0.927. The molecule has 0 aliphatic carbocycles. The lowest BCUT2D eigenvalue weighted by atomic mass is 10.00. The van der Waals surface area contributed by atoms with Crippen molar-refractivity contribution < 1.29 is 4.79 Å². The first kappa shape index (κ1) is 13.1. The van der Waals surface area contributed by atoms with E-state index in [1.54, 1.807) is 0 Å². The lowest BCUT2D eigenvalue weighted by molar-refractivity contribution is -0.121. The van der Waals surface area contributed by atoms with Gasteiger partial charge in [0.2, 0.25) is 5.91 Å². The number of hydrogen-bond donors (Lipinski definition) is 1. The van der Waals surface area contributed by atoms with Gasteiger partial charge in [-0.2, -0.15) is 0 Å². The van der Waals surface area contributed by atoms with Gasteiger partial charge in [0.25, 0.3) is 0 Å². The Morgan fingerprint density at radius 1 is 1.20 bits per heavy atom. The van der Waals surface area contributed by atoms with E-state index in [1.807, 2.05) is 0 Å². The molecule has 1 atom stereocenters. The van der Waals surface area contributed by atoms with Crippen molar-refractivity contribution in [2.24, 2.45) is 5.92 Å². The lowest BCUT2D eigenvalue weighted by Crippen LogP contribution is -2.40. The van der Waals surface area contributed by atoms with E-state index in [1.165, 1.54) is 16.3 Å². The van der Waals surface area contributed by atoms with Gasteiger partial charge >= 0.3 is 0 Å². The topological polar surface area (TPSA) is 32.3 Å². The van der Waals surface area contributed by atoms with Crippen LogP contribution in [0.5, 0.6) is 0 Å². The second-order valence-electron chi connectivity index (χ2n) is 5.82. The average molecular weight is 268 g/mol. The van der Waals surface area contributed by atoms with Crippen LogP contribution < -0.4 is 5.43 Å². The molecule has 1 aliphatic rings. The van der Waals surface area contributed by atoms with Crippen molar-refractivity contribution >= 4 is 16.7 Å². The van der Waals surface area contributed by atoms with Gasteiger partial charge in [0, 0.05) is 19.0 Å². The van der Waals surface area contributed by atoms with Crippen molar-refractivity contribution in [1.29, 1.82) is 0 Å². The van der Waals surface area contributed by atoms with Gasteiger partial charge in [-0.15, -0.1) is 0 Å². The van der Waals surface area contributed by atoms with E-state index < -0.39 is 0 Å². The maximum atomic E-state index is 11.7. The zero-order valence-electron chi connectivity index (χ0n) is 12.0. The summed E-state index contributed by atoms with van der Waals surface area (Å²) in [4.78, 5) is 11.7. The molecule has 1 fully saturated rings.